The van der Waals surface area contributed by atoms with Crippen LogP contribution >= 0.6 is 0 Å². The van der Waals surface area contributed by atoms with Crippen LogP contribution in [0.15, 0.2) is 30.6 Å². The highest BCUT2D eigenvalue weighted by Crippen LogP contribution is 2.20. The first-order chi connectivity index (χ1) is 13.6. The Morgan fingerprint density at radius 2 is 1.79 bits per heavy atom. The van der Waals surface area contributed by atoms with Gasteiger partial charge in [-0.3, -0.25) is 4.79 Å². The average molecular weight is 385 g/mol. The molecule has 2 N–H and O–H groups in total. The highest BCUT2D eigenvalue weighted by atomic mass is 16.4. The smallest absolute Gasteiger partial charge is 0.303 e. The molecule has 2 aromatic rings. The maximum Gasteiger partial charge on any atom is 0.303 e. The number of carbonyl (C=O) groups is 1. The topological polar surface area (TPSA) is 88.0 Å². The number of carboxylic acids is 1. The fourth-order valence-corrected chi connectivity index (χ4v) is 3.17. The van der Waals surface area contributed by atoms with Crippen molar-refractivity contribution in [3.8, 4) is 0 Å². The summed E-state index contributed by atoms with van der Waals surface area (Å²) in [7, 11) is 0. The number of anilines is 1. The number of hydrogen-bond donors (Lipinski definition) is 2. The predicted octanol–water partition coefficient (Wildman–Crippen LogP) is 4.58. The zero-order valence-electron chi connectivity index (χ0n) is 16.9. The number of aliphatic carboxylic acids is 1. The highest BCUT2D eigenvalue weighted by Gasteiger charge is 2.09. The van der Waals surface area contributed by atoms with Gasteiger partial charge in [-0.05, 0) is 56.7 Å². The molecule has 0 saturated carbocycles. The molecule has 0 spiro atoms. The van der Waals surface area contributed by atoms with Gasteiger partial charge in [0.1, 0.15) is 11.6 Å². The summed E-state index contributed by atoms with van der Waals surface area (Å²) in [5, 5.41) is 11.9. The van der Waals surface area contributed by atoms with Crippen molar-refractivity contribution in [2.45, 2.75) is 71.1 Å². The molecule has 0 bridgehead atoms. The molecule has 1 aliphatic rings. The molecule has 0 amide bonds. The standard InChI is InChI=1S/C17H26N2O2.C5H6N2/c20-16(21)10-6-4-2-1-3-5-9-15-12-11-14-8-7-13-18-17(14)19-15;1-5-6-3-2-4-7-5/h11-12H,1-10,13H2,(H,18,19)(H,20,21);2-4H,1H3. The summed E-state index contributed by atoms with van der Waals surface area (Å²) in [5.41, 5.74) is 2.54. The second-order valence-electron chi connectivity index (χ2n) is 7.15. The van der Waals surface area contributed by atoms with Crippen LogP contribution in [0.1, 0.15) is 68.4 Å². The van der Waals surface area contributed by atoms with Gasteiger partial charge in [0, 0.05) is 31.1 Å². The molecule has 152 valence electrons. The number of pyridine rings is 1. The van der Waals surface area contributed by atoms with E-state index in [4.69, 9.17) is 10.1 Å². The number of nitrogens with zero attached hydrogens (tertiary/aromatic N) is 3. The summed E-state index contributed by atoms with van der Waals surface area (Å²) in [6.45, 7) is 2.90. The van der Waals surface area contributed by atoms with E-state index < -0.39 is 5.97 Å². The molecular formula is C22H32N4O2. The van der Waals surface area contributed by atoms with E-state index in [0.29, 0.717) is 6.42 Å². The highest BCUT2D eigenvalue weighted by molar-refractivity contribution is 5.66. The molecule has 3 rings (SSSR count). The van der Waals surface area contributed by atoms with E-state index in [1.807, 2.05) is 6.92 Å². The molecule has 6 nitrogen and oxygen atoms in total. The average Bonchev–Trinajstić information content (AvgIpc) is 2.71. The second-order valence-corrected chi connectivity index (χ2v) is 7.15. The van der Waals surface area contributed by atoms with Crippen LogP contribution < -0.4 is 5.32 Å². The molecule has 2 aromatic heterocycles. The van der Waals surface area contributed by atoms with Crippen LogP contribution in [0.4, 0.5) is 5.82 Å². The van der Waals surface area contributed by atoms with Crippen molar-refractivity contribution in [1.82, 2.24) is 15.0 Å². The molecule has 0 aliphatic carbocycles. The van der Waals surface area contributed by atoms with E-state index in [1.165, 1.54) is 36.9 Å². The van der Waals surface area contributed by atoms with Gasteiger partial charge in [0.15, 0.2) is 0 Å². The Bertz CT molecular complexity index is 707. The normalized spacial score (nSPS) is 12.3. The molecule has 0 aromatic carbocycles. The third kappa shape index (κ3) is 8.93. The minimum atomic E-state index is -0.679. The second kappa shape index (κ2) is 12.8. The number of nitrogens with one attached hydrogen (secondary N) is 1. The number of fused-ring (bicyclic) bond motifs is 1. The van der Waals surface area contributed by atoms with E-state index in [1.54, 1.807) is 18.5 Å². The number of unbranched alkanes of at least 4 members (excludes halogenated alkanes) is 5. The summed E-state index contributed by atoms with van der Waals surface area (Å²) in [6, 6.07) is 6.18. The van der Waals surface area contributed by atoms with E-state index in [2.05, 4.69) is 27.4 Å². The van der Waals surface area contributed by atoms with Crippen molar-refractivity contribution in [2.75, 3.05) is 11.9 Å². The van der Waals surface area contributed by atoms with Crippen LogP contribution in [0.5, 0.6) is 0 Å². The zero-order valence-corrected chi connectivity index (χ0v) is 16.9. The molecule has 0 atom stereocenters. The van der Waals surface area contributed by atoms with Crippen LogP contribution in [0, 0.1) is 6.92 Å². The summed E-state index contributed by atoms with van der Waals surface area (Å²) >= 11 is 0. The number of carboxylic acid groups (broad SMARTS) is 1. The van der Waals surface area contributed by atoms with Gasteiger partial charge in [-0.25, -0.2) is 15.0 Å². The van der Waals surface area contributed by atoms with Gasteiger partial charge < -0.3 is 10.4 Å². The third-order valence-electron chi connectivity index (χ3n) is 4.72. The van der Waals surface area contributed by atoms with Crippen LogP contribution in [0.3, 0.4) is 0 Å². The Labute approximate surface area is 167 Å². The molecular weight excluding hydrogens is 352 g/mol. The molecule has 3 heterocycles. The van der Waals surface area contributed by atoms with Crippen LogP contribution in [-0.2, 0) is 17.6 Å². The van der Waals surface area contributed by atoms with Crippen molar-refractivity contribution in [1.29, 1.82) is 0 Å². The lowest BCUT2D eigenvalue weighted by molar-refractivity contribution is -0.137. The van der Waals surface area contributed by atoms with Gasteiger partial charge in [-0.1, -0.05) is 31.7 Å². The lowest BCUT2D eigenvalue weighted by atomic mass is 10.0. The van der Waals surface area contributed by atoms with Crippen LogP contribution in [0.25, 0.3) is 0 Å². The molecule has 6 heteroatoms. The van der Waals surface area contributed by atoms with E-state index in [-0.39, 0.29) is 0 Å². The van der Waals surface area contributed by atoms with Crippen molar-refractivity contribution in [2.24, 2.45) is 0 Å². The largest absolute Gasteiger partial charge is 0.481 e. The molecule has 28 heavy (non-hydrogen) atoms. The first-order valence-corrected chi connectivity index (χ1v) is 10.3. The quantitative estimate of drug-likeness (QED) is 0.615. The fraction of sp³-hybridized carbons (Fsp3) is 0.545. The summed E-state index contributed by atoms with van der Waals surface area (Å²) in [6.07, 6.45) is 13.7. The summed E-state index contributed by atoms with van der Waals surface area (Å²) < 4.78 is 0. The fourth-order valence-electron chi connectivity index (χ4n) is 3.17. The maximum atomic E-state index is 10.4. The van der Waals surface area contributed by atoms with Gasteiger partial charge in [0.25, 0.3) is 0 Å². The van der Waals surface area contributed by atoms with Crippen molar-refractivity contribution < 1.29 is 9.90 Å². The molecule has 0 fully saturated rings. The Hall–Kier alpha value is -2.50. The molecule has 1 aliphatic heterocycles. The maximum absolute atomic E-state index is 10.4. The molecule has 0 radical (unpaired) electrons. The van der Waals surface area contributed by atoms with Crippen LogP contribution in [0.2, 0.25) is 0 Å². The van der Waals surface area contributed by atoms with E-state index in [0.717, 1.165) is 50.3 Å². The van der Waals surface area contributed by atoms with E-state index in [9.17, 15) is 4.79 Å². The summed E-state index contributed by atoms with van der Waals surface area (Å²) in [4.78, 5) is 22.8. The monoisotopic (exact) mass is 384 g/mol. The SMILES string of the molecule is Cc1ncccn1.O=C(O)CCCCCCCCc1ccc2c(n1)NCCC2. The Morgan fingerprint density at radius 3 is 2.46 bits per heavy atom. The zero-order chi connectivity index (χ0) is 20.0. The van der Waals surface area contributed by atoms with Gasteiger partial charge in [-0.15, -0.1) is 0 Å². The molecule has 0 unspecified atom stereocenters. The first kappa shape index (κ1) is 21.8. The number of aromatic nitrogens is 3. The Morgan fingerprint density at radius 1 is 1.07 bits per heavy atom. The lowest BCUT2D eigenvalue weighted by Gasteiger charge is -2.17. The van der Waals surface area contributed by atoms with Crippen molar-refractivity contribution in [3.63, 3.8) is 0 Å². The predicted molar refractivity (Wildman–Crippen MR) is 111 cm³/mol. The Balaban J connectivity index is 0.000000336. The number of rotatable bonds is 9. The Kier molecular flexibility index (Phi) is 9.97. The van der Waals surface area contributed by atoms with Gasteiger partial charge in [0.2, 0.25) is 0 Å². The molecule has 0 saturated heterocycles. The van der Waals surface area contributed by atoms with Crippen LogP contribution in [-0.4, -0.2) is 32.6 Å². The van der Waals surface area contributed by atoms with Crippen molar-refractivity contribution in [3.05, 3.63) is 47.7 Å². The third-order valence-corrected chi connectivity index (χ3v) is 4.72. The van der Waals surface area contributed by atoms with Gasteiger partial charge in [0.05, 0.1) is 0 Å². The lowest BCUT2D eigenvalue weighted by Crippen LogP contribution is -2.13. The minimum absolute atomic E-state index is 0.312. The number of aryl methyl sites for hydroxylation is 3. The minimum Gasteiger partial charge on any atom is -0.481 e. The van der Waals surface area contributed by atoms with Gasteiger partial charge >= 0.3 is 5.97 Å². The van der Waals surface area contributed by atoms with Gasteiger partial charge in [-0.2, -0.15) is 0 Å². The first-order valence-electron chi connectivity index (χ1n) is 10.3. The van der Waals surface area contributed by atoms with E-state index >= 15 is 0 Å². The summed E-state index contributed by atoms with van der Waals surface area (Å²) in [5.74, 6) is 1.23. The van der Waals surface area contributed by atoms with Crippen molar-refractivity contribution >= 4 is 11.8 Å². The number of hydrogen-bond acceptors (Lipinski definition) is 5.